The molecule has 2 N–H and O–H groups in total. The number of nitrogens with one attached hydrogen (secondary N) is 2. The zero-order chi connectivity index (χ0) is 15.6. The fourth-order valence-electron chi connectivity index (χ4n) is 3.05. The van der Waals surface area contributed by atoms with Crippen LogP contribution in [0.4, 0.5) is 0 Å². The fourth-order valence-corrected chi connectivity index (χ4v) is 3.05. The van der Waals surface area contributed by atoms with Crippen LogP contribution in [-0.4, -0.2) is 28.8 Å². The maximum atomic E-state index is 12.7. The molecule has 1 aliphatic heterocycles. The summed E-state index contributed by atoms with van der Waals surface area (Å²) >= 11 is 0. The van der Waals surface area contributed by atoms with Crippen LogP contribution in [0.2, 0.25) is 0 Å². The van der Waals surface area contributed by atoms with Gasteiger partial charge in [0.1, 0.15) is 0 Å². The molecule has 0 bridgehead atoms. The van der Waals surface area contributed by atoms with Gasteiger partial charge in [-0.15, -0.1) is 0 Å². The van der Waals surface area contributed by atoms with E-state index in [4.69, 9.17) is 0 Å². The van der Waals surface area contributed by atoms with Crippen molar-refractivity contribution in [1.82, 2.24) is 20.4 Å². The third-order valence-electron chi connectivity index (χ3n) is 4.99. The van der Waals surface area contributed by atoms with E-state index < -0.39 is 0 Å². The molecule has 0 saturated carbocycles. The van der Waals surface area contributed by atoms with Crippen molar-refractivity contribution in [1.29, 1.82) is 0 Å². The topological polar surface area (TPSA) is 59.0 Å². The van der Waals surface area contributed by atoms with Crippen molar-refractivity contribution < 1.29 is 4.79 Å². The van der Waals surface area contributed by atoms with E-state index in [1.165, 1.54) is 0 Å². The Morgan fingerprint density at radius 2 is 2.29 bits per heavy atom. The Balaban J connectivity index is 2.04. The second kappa shape index (κ2) is 6.18. The molecule has 5 nitrogen and oxygen atoms in total. The van der Waals surface area contributed by atoms with Gasteiger partial charge in [-0.3, -0.25) is 9.48 Å². The normalized spacial score (nSPS) is 21.1. The molecule has 2 heterocycles. The van der Waals surface area contributed by atoms with Crippen molar-refractivity contribution in [3.8, 4) is 0 Å². The number of carbonyl (C=O) groups excluding carboxylic acids is 1. The monoisotopic (exact) mass is 292 g/mol. The minimum absolute atomic E-state index is 0.0120. The quantitative estimate of drug-likeness (QED) is 0.891. The van der Waals surface area contributed by atoms with Crippen molar-refractivity contribution in [2.75, 3.05) is 13.1 Å². The molecule has 2 rings (SSSR count). The number of nitrogens with zero attached hydrogens (tertiary/aromatic N) is 2. The molecule has 1 amide bonds. The lowest BCUT2D eigenvalue weighted by Gasteiger charge is -2.36. The second-order valence-electron chi connectivity index (χ2n) is 6.77. The average molecular weight is 292 g/mol. The Labute approximate surface area is 127 Å². The summed E-state index contributed by atoms with van der Waals surface area (Å²) < 4.78 is 1.84. The van der Waals surface area contributed by atoms with E-state index in [0.717, 1.165) is 37.2 Å². The number of piperidine rings is 1. The largest absolute Gasteiger partial charge is 0.349 e. The predicted molar refractivity (Wildman–Crippen MR) is 83.9 cm³/mol. The number of hydrogen-bond acceptors (Lipinski definition) is 3. The summed E-state index contributed by atoms with van der Waals surface area (Å²) in [4.78, 5) is 12.7. The van der Waals surface area contributed by atoms with E-state index in [2.05, 4.69) is 29.6 Å². The van der Waals surface area contributed by atoms with Crippen LogP contribution in [0.1, 0.15) is 50.9 Å². The van der Waals surface area contributed by atoms with E-state index in [1.54, 1.807) is 0 Å². The number of amides is 1. The highest BCUT2D eigenvalue weighted by atomic mass is 16.2. The summed E-state index contributed by atoms with van der Waals surface area (Å²) in [6, 6.07) is -0.0120. The zero-order valence-corrected chi connectivity index (χ0v) is 13.9. The van der Waals surface area contributed by atoms with Gasteiger partial charge in [0.25, 0.3) is 0 Å². The first kappa shape index (κ1) is 16.0. The van der Waals surface area contributed by atoms with Gasteiger partial charge in [-0.1, -0.05) is 13.8 Å². The first-order valence-corrected chi connectivity index (χ1v) is 7.84. The number of aromatic nitrogens is 2. The average Bonchev–Trinajstić information content (AvgIpc) is 2.80. The van der Waals surface area contributed by atoms with Crippen LogP contribution in [0, 0.1) is 18.3 Å². The van der Waals surface area contributed by atoms with E-state index in [9.17, 15) is 4.79 Å². The van der Waals surface area contributed by atoms with Gasteiger partial charge < -0.3 is 10.6 Å². The Bertz CT molecular complexity index is 500. The molecule has 0 spiro atoms. The molecule has 5 heteroatoms. The molecule has 118 valence electrons. The number of rotatable bonds is 4. The highest BCUT2D eigenvalue weighted by Crippen LogP contribution is 2.32. The SMILES string of the molecule is Cc1c(C(C)NC(=O)C(C)(C)C2CCCNC2)cnn1C. The minimum Gasteiger partial charge on any atom is -0.349 e. The molecule has 21 heavy (non-hydrogen) atoms. The molecule has 1 fully saturated rings. The van der Waals surface area contributed by atoms with E-state index >= 15 is 0 Å². The van der Waals surface area contributed by atoms with Gasteiger partial charge >= 0.3 is 0 Å². The lowest BCUT2D eigenvalue weighted by Crippen LogP contribution is -2.47. The Morgan fingerprint density at radius 3 is 2.81 bits per heavy atom. The molecule has 2 atom stereocenters. The van der Waals surface area contributed by atoms with Crippen molar-refractivity contribution in [3.05, 3.63) is 17.5 Å². The van der Waals surface area contributed by atoms with E-state index in [-0.39, 0.29) is 17.4 Å². The zero-order valence-electron chi connectivity index (χ0n) is 13.9. The van der Waals surface area contributed by atoms with Gasteiger partial charge in [0.2, 0.25) is 5.91 Å². The molecule has 1 aromatic heterocycles. The molecule has 1 saturated heterocycles. The van der Waals surface area contributed by atoms with Crippen LogP contribution in [0.15, 0.2) is 6.20 Å². The molecule has 0 aromatic carbocycles. The third kappa shape index (κ3) is 3.28. The van der Waals surface area contributed by atoms with E-state index in [1.807, 2.05) is 31.8 Å². The highest BCUT2D eigenvalue weighted by molar-refractivity contribution is 5.82. The van der Waals surface area contributed by atoms with Crippen LogP contribution < -0.4 is 10.6 Å². The number of hydrogen-bond donors (Lipinski definition) is 2. The number of carbonyl (C=O) groups is 1. The standard InChI is InChI=1S/C16H28N4O/c1-11(14-10-18-20(5)12(14)2)19-15(21)16(3,4)13-7-6-8-17-9-13/h10-11,13,17H,6-9H2,1-5H3,(H,19,21). The Hall–Kier alpha value is -1.36. The fraction of sp³-hybridized carbons (Fsp3) is 0.750. The molecule has 0 radical (unpaired) electrons. The van der Waals surface area contributed by atoms with Gasteiger partial charge in [0.05, 0.1) is 12.2 Å². The van der Waals surface area contributed by atoms with E-state index in [0.29, 0.717) is 5.92 Å². The second-order valence-corrected chi connectivity index (χ2v) is 6.77. The lowest BCUT2D eigenvalue weighted by molar-refractivity contribution is -0.133. The van der Waals surface area contributed by atoms with Crippen LogP contribution in [0.25, 0.3) is 0 Å². The van der Waals surface area contributed by atoms with Crippen LogP contribution in [0.5, 0.6) is 0 Å². The molecule has 1 aromatic rings. The predicted octanol–water partition coefficient (Wildman–Crippen LogP) is 1.93. The summed E-state index contributed by atoms with van der Waals surface area (Å²) in [5, 5.41) is 10.8. The summed E-state index contributed by atoms with van der Waals surface area (Å²) in [7, 11) is 1.92. The molecular weight excluding hydrogens is 264 g/mol. The van der Waals surface area contributed by atoms with Gasteiger partial charge in [0, 0.05) is 23.7 Å². The van der Waals surface area contributed by atoms with Gasteiger partial charge in [-0.05, 0) is 45.7 Å². The molecular formula is C16H28N4O. The highest BCUT2D eigenvalue weighted by Gasteiger charge is 2.37. The number of aryl methyl sites for hydroxylation is 1. The molecule has 1 aliphatic rings. The van der Waals surface area contributed by atoms with Crippen LogP contribution in [-0.2, 0) is 11.8 Å². The van der Waals surface area contributed by atoms with Crippen molar-refractivity contribution >= 4 is 5.91 Å². The summed E-state index contributed by atoms with van der Waals surface area (Å²) in [5.41, 5.74) is 1.83. The first-order valence-electron chi connectivity index (χ1n) is 7.84. The maximum Gasteiger partial charge on any atom is 0.226 e. The smallest absolute Gasteiger partial charge is 0.226 e. The Kier molecular flexibility index (Phi) is 4.71. The first-order chi connectivity index (χ1) is 9.84. The third-order valence-corrected chi connectivity index (χ3v) is 4.99. The van der Waals surface area contributed by atoms with Gasteiger partial charge in [-0.25, -0.2) is 0 Å². The summed E-state index contributed by atoms with van der Waals surface area (Å²) in [6.07, 6.45) is 4.11. The van der Waals surface area contributed by atoms with Gasteiger partial charge in [0.15, 0.2) is 0 Å². The summed E-state index contributed by atoms with van der Waals surface area (Å²) in [5.74, 6) is 0.528. The van der Waals surface area contributed by atoms with Gasteiger partial charge in [-0.2, -0.15) is 5.10 Å². The van der Waals surface area contributed by atoms with Crippen molar-refractivity contribution in [3.63, 3.8) is 0 Å². The Morgan fingerprint density at radius 1 is 1.57 bits per heavy atom. The molecule has 0 aliphatic carbocycles. The summed E-state index contributed by atoms with van der Waals surface area (Å²) in [6.45, 7) is 10.2. The minimum atomic E-state index is -0.349. The van der Waals surface area contributed by atoms with Crippen LogP contribution in [0.3, 0.4) is 0 Å². The van der Waals surface area contributed by atoms with Crippen LogP contribution >= 0.6 is 0 Å². The lowest BCUT2D eigenvalue weighted by atomic mass is 9.74. The van der Waals surface area contributed by atoms with Crippen molar-refractivity contribution in [2.45, 2.75) is 46.6 Å². The molecule has 2 unspecified atom stereocenters. The maximum absolute atomic E-state index is 12.7. The van der Waals surface area contributed by atoms with Crippen molar-refractivity contribution in [2.24, 2.45) is 18.4 Å².